The van der Waals surface area contributed by atoms with Crippen LogP contribution in [0.1, 0.15) is 28.3 Å². The van der Waals surface area contributed by atoms with Gasteiger partial charge in [-0.25, -0.2) is 0 Å². The first kappa shape index (κ1) is 21.6. The zero-order chi connectivity index (χ0) is 22.9. The minimum atomic E-state index is -0.0990. The Bertz CT molecular complexity index is 1380. The van der Waals surface area contributed by atoms with Gasteiger partial charge in [-0.1, -0.05) is 35.9 Å². The molecule has 0 saturated carbocycles. The van der Waals surface area contributed by atoms with Crippen LogP contribution in [0.5, 0.6) is 11.5 Å². The van der Waals surface area contributed by atoms with E-state index in [2.05, 4.69) is 11.0 Å². The lowest BCUT2D eigenvalue weighted by atomic mass is 9.87. The molecule has 2 heterocycles. The summed E-state index contributed by atoms with van der Waals surface area (Å²) < 4.78 is 16.9. The number of methoxy groups -OCH3 is 2. The molecule has 1 aliphatic rings. The van der Waals surface area contributed by atoms with Gasteiger partial charge in [0.1, 0.15) is 5.58 Å². The highest BCUT2D eigenvalue weighted by Gasteiger charge is 2.31. The SMILES string of the molecule is COc1cc2c(cc1OC)[C@H](c1cccc(Cl)c1)N(Cc1coc3ccccc3c1=O)CC2. The van der Waals surface area contributed by atoms with Gasteiger partial charge >= 0.3 is 0 Å². The van der Waals surface area contributed by atoms with Crippen LogP contribution >= 0.6 is 11.6 Å². The van der Waals surface area contributed by atoms with Crippen LogP contribution in [0.3, 0.4) is 0 Å². The largest absolute Gasteiger partial charge is 0.493 e. The normalized spacial score (nSPS) is 15.9. The highest BCUT2D eigenvalue weighted by atomic mass is 35.5. The number of hydrogen-bond acceptors (Lipinski definition) is 5. The monoisotopic (exact) mass is 461 g/mol. The van der Waals surface area contributed by atoms with Crippen molar-refractivity contribution in [3.05, 3.63) is 104 Å². The molecule has 0 bridgehead atoms. The van der Waals surface area contributed by atoms with Crippen LogP contribution in [0.4, 0.5) is 0 Å². The zero-order valence-corrected chi connectivity index (χ0v) is 19.3. The number of fused-ring (bicyclic) bond motifs is 2. The second-order valence-electron chi connectivity index (χ2n) is 8.17. The summed E-state index contributed by atoms with van der Waals surface area (Å²) in [5.74, 6) is 1.39. The molecular weight excluding hydrogens is 438 g/mol. The Kier molecular flexibility index (Phi) is 5.83. The molecule has 1 atom stereocenters. The number of para-hydroxylation sites is 1. The molecule has 0 saturated heterocycles. The summed E-state index contributed by atoms with van der Waals surface area (Å²) in [6.45, 7) is 1.23. The molecule has 33 heavy (non-hydrogen) atoms. The highest BCUT2D eigenvalue weighted by molar-refractivity contribution is 6.30. The molecule has 3 aromatic carbocycles. The van der Waals surface area contributed by atoms with E-state index in [1.54, 1.807) is 20.5 Å². The van der Waals surface area contributed by atoms with Crippen molar-refractivity contribution in [3.8, 4) is 11.5 Å². The zero-order valence-electron chi connectivity index (χ0n) is 18.5. The number of rotatable bonds is 5. The fraction of sp³-hybridized carbons (Fsp3) is 0.222. The van der Waals surface area contributed by atoms with Gasteiger partial charge in [0.05, 0.1) is 31.9 Å². The van der Waals surface area contributed by atoms with Crippen molar-refractivity contribution in [1.29, 1.82) is 0 Å². The van der Waals surface area contributed by atoms with Crippen molar-refractivity contribution >= 4 is 22.6 Å². The Morgan fingerprint density at radius 2 is 1.82 bits per heavy atom. The second-order valence-corrected chi connectivity index (χ2v) is 8.61. The van der Waals surface area contributed by atoms with Gasteiger partial charge in [-0.3, -0.25) is 9.69 Å². The Morgan fingerprint density at radius 1 is 1.03 bits per heavy atom. The number of nitrogens with zero attached hydrogens (tertiary/aromatic N) is 1. The summed E-state index contributed by atoms with van der Waals surface area (Å²) in [5.41, 5.74) is 4.59. The molecule has 4 aromatic rings. The number of halogens is 1. The van der Waals surface area contributed by atoms with E-state index in [9.17, 15) is 4.79 Å². The van der Waals surface area contributed by atoms with Gasteiger partial charge in [0.25, 0.3) is 0 Å². The molecule has 0 amide bonds. The van der Waals surface area contributed by atoms with Gasteiger partial charge in [-0.2, -0.15) is 0 Å². The standard InChI is InChI=1S/C27H24ClNO4/c1-31-24-13-17-10-11-29(15-19-16-33-23-9-4-3-8-21(23)27(19)30)26(22(17)14-25(24)32-2)18-6-5-7-20(28)12-18/h3-9,12-14,16,26H,10-11,15H2,1-2H3/t26-/m0/s1. The van der Waals surface area contributed by atoms with Crippen molar-refractivity contribution in [2.24, 2.45) is 0 Å². The summed E-state index contributed by atoms with van der Waals surface area (Å²) in [4.78, 5) is 15.5. The lowest BCUT2D eigenvalue weighted by molar-refractivity contribution is 0.201. The molecule has 0 N–H and O–H groups in total. The first-order chi connectivity index (χ1) is 16.1. The van der Waals surface area contributed by atoms with Crippen molar-refractivity contribution in [2.75, 3.05) is 20.8 Å². The molecule has 0 spiro atoms. The van der Waals surface area contributed by atoms with Crippen LogP contribution in [0.15, 0.2) is 76.1 Å². The summed E-state index contributed by atoms with van der Waals surface area (Å²) in [7, 11) is 3.28. The molecule has 1 aliphatic heterocycles. The minimum absolute atomic E-state index is 0.000183. The summed E-state index contributed by atoms with van der Waals surface area (Å²) >= 11 is 6.37. The van der Waals surface area contributed by atoms with Crippen molar-refractivity contribution < 1.29 is 13.9 Å². The third-order valence-corrected chi connectivity index (χ3v) is 6.50. The molecule has 0 aliphatic carbocycles. The van der Waals surface area contributed by atoms with Gasteiger partial charge in [-0.15, -0.1) is 0 Å². The molecule has 0 fully saturated rings. The van der Waals surface area contributed by atoms with E-state index in [1.165, 1.54) is 5.56 Å². The Labute approximate surface area is 197 Å². The molecule has 0 unspecified atom stereocenters. The number of ether oxygens (including phenoxy) is 2. The Hall–Kier alpha value is -3.28. The molecule has 168 valence electrons. The molecule has 5 rings (SSSR count). The predicted molar refractivity (Wildman–Crippen MR) is 129 cm³/mol. The van der Waals surface area contributed by atoms with Crippen molar-refractivity contribution in [1.82, 2.24) is 4.90 Å². The van der Waals surface area contributed by atoms with Gasteiger partial charge < -0.3 is 13.9 Å². The lowest BCUT2D eigenvalue weighted by Gasteiger charge is -2.38. The average molecular weight is 462 g/mol. The van der Waals surface area contributed by atoms with E-state index in [0.29, 0.717) is 39.6 Å². The maximum atomic E-state index is 13.2. The fourth-order valence-electron chi connectivity index (χ4n) is 4.68. The number of hydrogen-bond donors (Lipinski definition) is 0. The summed E-state index contributed by atoms with van der Waals surface area (Å²) in [5, 5.41) is 1.27. The Morgan fingerprint density at radius 3 is 2.61 bits per heavy atom. The number of benzene rings is 3. The maximum absolute atomic E-state index is 13.2. The minimum Gasteiger partial charge on any atom is -0.493 e. The third kappa shape index (κ3) is 3.99. The van der Waals surface area contributed by atoms with Crippen LogP contribution in [-0.4, -0.2) is 25.7 Å². The quantitative estimate of drug-likeness (QED) is 0.386. The van der Waals surface area contributed by atoms with E-state index >= 15 is 0 Å². The predicted octanol–water partition coefficient (Wildman–Crippen LogP) is 5.61. The van der Waals surface area contributed by atoms with Gasteiger partial charge in [0.15, 0.2) is 16.9 Å². The van der Waals surface area contributed by atoms with Crippen LogP contribution in [0.25, 0.3) is 11.0 Å². The first-order valence-electron chi connectivity index (χ1n) is 10.8. The van der Waals surface area contributed by atoms with E-state index < -0.39 is 0 Å². The summed E-state index contributed by atoms with van der Waals surface area (Å²) in [6.07, 6.45) is 2.41. The molecular formula is C27H24ClNO4. The highest BCUT2D eigenvalue weighted by Crippen LogP contribution is 2.41. The van der Waals surface area contributed by atoms with E-state index in [1.807, 2.05) is 54.6 Å². The smallest absolute Gasteiger partial charge is 0.197 e. The molecule has 5 nitrogen and oxygen atoms in total. The van der Waals surface area contributed by atoms with Crippen LogP contribution in [0, 0.1) is 0 Å². The topological polar surface area (TPSA) is 51.9 Å². The summed E-state index contributed by atoms with van der Waals surface area (Å²) in [6, 6.07) is 19.2. The van der Waals surface area contributed by atoms with E-state index in [4.69, 9.17) is 25.5 Å². The van der Waals surface area contributed by atoms with Crippen LogP contribution in [0.2, 0.25) is 5.02 Å². The van der Waals surface area contributed by atoms with Crippen LogP contribution in [-0.2, 0) is 13.0 Å². The lowest BCUT2D eigenvalue weighted by Crippen LogP contribution is -2.37. The van der Waals surface area contributed by atoms with Crippen molar-refractivity contribution in [3.63, 3.8) is 0 Å². The average Bonchev–Trinajstić information content (AvgIpc) is 2.84. The van der Waals surface area contributed by atoms with E-state index in [-0.39, 0.29) is 11.5 Å². The van der Waals surface area contributed by atoms with Crippen LogP contribution < -0.4 is 14.9 Å². The van der Waals surface area contributed by atoms with Gasteiger partial charge in [-0.05, 0) is 59.5 Å². The Balaban J connectivity index is 1.62. The van der Waals surface area contributed by atoms with Gasteiger partial charge in [0, 0.05) is 23.7 Å². The van der Waals surface area contributed by atoms with Gasteiger partial charge in [0.2, 0.25) is 0 Å². The first-order valence-corrected chi connectivity index (χ1v) is 11.2. The van der Waals surface area contributed by atoms with E-state index in [0.717, 1.165) is 24.1 Å². The molecule has 1 aromatic heterocycles. The fourth-order valence-corrected chi connectivity index (χ4v) is 4.88. The van der Waals surface area contributed by atoms with Crippen molar-refractivity contribution in [2.45, 2.75) is 19.0 Å². The second kappa shape index (κ2) is 8.93. The maximum Gasteiger partial charge on any atom is 0.197 e. The molecule has 6 heteroatoms. The molecule has 0 radical (unpaired) electrons. The third-order valence-electron chi connectivity index (χ3n) is 6.26.